The molecule has 1 fully saturated rings. The van der Waals surface area contributed by atoms with Crippen LogP contribution in [-0.2, 0) is 6.54 Å². The number of hydrogen-bond acceptors (Lipinski definition) is 6. The van der Waals surface area contributed by atoms with Gasteiger partial charge in [-0.3, -0.25) is 9.48 Å². The van der Waals surface area contributed by atoms with Crippen molar-refractivity contribution in [2.75, 3.05) is 18.4 Å². The highest BCUT2D eigenvalue weighted by molar-refractivity contribution is 6.03. The molecule has 0 radical (unpaired) electrons. The van der Waals surface area contributed by atoms with Crippen LogP contribution in [0, 0.1) is 0 Å². The van der Waals surface area contributed by atoms with Crippen molar-refractivity contribution < 1.29 is 4.79 Å². The number of benzene rings is 1. The Hall–Kier alpha value is -3.07. The second-order valence-electron chi connectivity index (χ2n) is 6.53. The fraction of sp³-hybridized carbons (Fsp3) is 0.389. The molecule has 27 heavy (non-hydrogen) atoms. The molecule has 9 heteroatoms. The summed E-state index contributed by atoms with van der Waals surface area (Å²) >= 11 is 0. The lowest BCUT2D eigenvalue weighted by molar-refractivity contribution is 0.102. The summed E-state index contributed by atoms with van der Waals surface area (Å²) in [5.41, 5.74) is 1.93. The quantitative estimate of drug-likeness (QED) is 0.713. The predicted molar refractivity (Wildman–Crippen MR) is 100 cm³/mol. The minimum absolute atomic E-state index is 0.232. The molecule has 3 aromatic rings. The zero-order valence-electron chi connectivity index (χ0n) is 15.2. The van der Waals surface area contributed by atoms with Gasteiger partial charge in [-0.1, -0.05) is 12.1 Å². The normalized spacial score (nSPS) is 17.0. The Morgan fingerprint density at radius 3 is 3.11 bits per heavy atom. The molecule has 140 valence electrons. The number of tetrazole rings is 1. The van der Waals surface area contributed by atoms with E-state index in [9.17, 15) is 4.79 Å². The molecule has 1 amide bonds. The number of carbonyl (C=O) groups excluding carboxylic acids is 1. The molecule has 1 aliphatic heterocycles. The van der Waals surface area contributed by atoms with Crippen molar-refractivity contribution in [2.45, 2.75) is 32.4 Å². The highest BCUT2D eigenvalue weighted by Crippen LogP contribution is 2.21. The van der Waals surface area contributed by atoms with Crippen molar-refractivity contribution in [3.8, 4) is 11.4 Å². The molecule has 4 rings (SSSR count). The lowest BCUT2D eigenvalue weighted by Gasteiger charge is -2.22. The average Bonchev–Trinajstić information content (AvgIpc) is 3.38. The van der Waals surface area contributed by atoms with Gasteiger partial charge in [0.05, 0.1) is 6.04 Å². The Kier molecular flexibility index (Phi) is 4.93. The van der Waals surface area contributed by atoms with E-state index in [-0.39, 0.29) is 5.91 Å². The molecule has 0 saturated carbocycles. The topological polar surface area (TPSA) is 103 Å². The van der Waals surface area contributed by atoms with Gasteiger partial charge in [0.25, 0.3) is 5.91 Å². The standard InChI is InChI=1S/C18H22N8O/c1-2-25-17(21-23-24-25)13-5-3-6-14(11-13)20-18(27)16-8-10-26(22-16)15-7-4-9-19-12-15/h3,5-6,8,10-11,15,19H,2,4,7,9,12H2,1H3,(H,20,27). The first-order valence-electron chi connectivity index (χ1n) is 9.18. The van der Waals surface area contributed by atoms with Gasteiger partial charge in [-0.05, 0) is 54.9 Å². The molecule has 3 heterocycles. The van der Waals surface area contributed by atoms with E-state index in [1.165, 1.54) is 0 Å². The van der Waals surface area contributed by atoms with Gasteiger partial charge in [-0.25, -0.2) is 4.68 Å². The number of anilines is 1. The number of aryl methyl sites for hydroxylation is 1. The first kappa shape index (κ1) is 17.3. The summed E-state index contributed by atoms with van der Waals surface area (Å²) in [6.45, 7) is 4.58. The van der Waals surface area contributed by atoms with Crippen LogP contribution in [0.25, 0.3) is 11.4 Å². The summed E-state index contributed by atoms with van der Waals surface area (Å²) in [4.78, 5) is 12.6. The molecular weight excluding hydrogens is 344 g/mol. The monoisotopic (exact) mass is 366 g/mol. The number of hydrogen-bond donors (Lipinski definition) is 2. The lowest BCUT2D eigenvalue weighted by atomic mass is 10.1. The van der Waals surface area contributed by atoms with Crippen molar-refractivity contribution in [3.05, 3.63) is 42.2 Å². The molecular formula is C18H22N8O. The summed E-state index contributed by atoms with van der Waals surface area (Å²) in [5, 5.41) is 22.4. The van der Waals surface area contributed by atoms with E-state index in [0.717, 1.165) is 31.5 Å². The minimum Gasteiger partial charge on any atom is -0.321 e. The second kappa shape index (κ2) is 7.67. The second-order valence-corrected chi connectivity index (χ2v) is 6.53. The summed E-state index contributed by atoms with van der Waals surface area (Å²) < 4.78 is 3.59. The molecule has 0 bridgehead atoms. The summed E-state index contributed by atoms with van der Waals surface area (Å²) in [6, 6.07) is 9.54. The van der Waals surface area contributed by atoms with Gasteiger partial charge < -0.3 is 10.6 Å². The van der Waals surface area contributed by atoms with Crippen LogP contribution in [-0.4, -0.2) is 49.0 Å². The molecule has 1 saturated heterocycles. The van der Waals surface area contributed by atoms with Gasteiger partial charge in [-0.2, -0.15) is 5.10 Å². The fourth-order valence-corrected chi connectivity index (χ4v) is 3.28. The summed E-state index contributed by atoms with van der Waals surface area (Å²) in [6.07, 6.45) is 4.07. The number of nitrogens with one attached hydrogen (secondary N) is 2. The van der Waals surface area contributed by atoms with Crippen molar-refractivity contribution in [1.29, 1.82) is 0 Å². The molecule has 2 N–H and O–H groups in total. The minimum atomic E-state index is -0.232. The average molecular weight is 366 g/mol. The third-order valence-electron chi connectivity index (χ3n) is 4.70. The molecule has 2 aromatic heterocycles. The molecule has 1 unspecified atom stereocenters. The smallest absolute Gasteiger partial charge is 0.276 e. The maximum Gasteiger partial charge on any atom is 0.276 e. The Morgan fingerprint density at radius 1 is 1.37 bits per heavy atom. The molecule has 0 aliphatic carbocycles. The van der Waals surface area contributed by atoms with Crippen LogP contribution in [0.5, 0.6) is 0 Å². The lowest BCUT2D eigenvalue weighted by Crippen LogP contribution is -2.32. The highest BCUT2D eigenvalue weighted by Gasteiger charge is 2.18. The van der Waals surface area contributed by atoms with Crippen molar-refractivity contribution in [1.82, 2.24) is 35.3 Å². The molecule has 9 nitrogen and oxygen atoms in total. The molecule has 0 spiro atoms. The number of rotatable bonds is 5. The first-order valence-corrected chi connectivity index (χ1v) is 9.18. The van der Waals surface area contributed by atoms with Gasteiger partial charge in [0.1, 0.15) is 0 Å². The van der Waals surface area contributed by atoms with Gasteiger partial charge in [0.2, 0.25) is 0 Å². The van der Waals surface area contributed by atoms with E-state index in [2.05, 4.69) is 31.3 Å². The third-order valence-corrected chi connectivity index (χ3v) is 4.70. The van der Waals surface area contributed by atoms with E-state index in [4.69, 9.17) is 0 Å². The van der Waals surface area contributed by atoms with Crippen LogP contribution >= 0.6 is 0 Å². The number of nitrogens with zero attached hydrogens (tertiary/aromatic N) is 6. The predicted octanol–water partition coefficient (Wildman–Crippen LogP) is 1.73. The molecule has 1 aliphatic rings. The van der Waals surface area contributed by atoms with Gasteiger partial charge >= 0.3 is 0 Å². The van der Waals surface area contributed by atoms with Crippen LogP contribution < -0.4 is 10.6 Å². The van der Waals surface area contributed by atoms with Crippen LogP contribution in [0.15, 0.2) is 36.5 Å². The summed E-state index contributed by atoms with van der Waals surface area (Å²) in [5.74, 6) is 0.437. The van der Waals surface area contributed by atoms with Crippen molar-refractivity contribution in [3.63, 3.8) is 0 Å². The van der Waals surface area contributed by atoms with E-state index in [1.54, 1.807) is 10.7 Å². The Morgan fingerprint density at radius 2 is 2.30 bits per heavy atom. The third kappa shape index (κ3) is 3.72. The highest BCUT2D eigenvalue weighted by atomic mass is 16.1. The largest absolute Gasteiger partial charge is 0.321 e. The maximum atomic E-state index is 12.6. The molecule has 1 atom stereocenters. The zero-order valence-corrected chi connectivity index (χ0v) is 15.2. The number of amides is 1. The SMILES string of the molecule is CCn1nnnc1-c1cccc(NC(=O)c2ccn(C3CCCNC3)n2)c1. The van der Waals surface area contributed by atoms with E-state index in [0.29, 0.717) is 29.8 Å². The zero-order chi connectivity index (χ0) is 18.6. The number of carbonyl (C=O) groups is 1. The van der Waals surface area contributed by atoms with E-state index in [1.807, 2.05) is 42.1 Å². The Balaban J connectivity index is 1.48. The van der Waals surface area contributed by atoms with Crippen molar-refractivity contribution >= 4 is 11.6 Å². The first-order chi connectivity index (χ1) is 13.2. The van der Waals surface area contributed by atoms with E-state index >= 15 is 0 Å². The number of aromatic nitrogens is 6. The Labute approximate surface area is 156 Å². The van der Waals surface area contributed by atoms with E-state index < -0.39 is 0 Å². The molecule has 1 aromatic carbocycles. The van der Waals surface area contributed by atoms with Gasteiger partial charge in [0, 0.05) is 30.5 Å². The van der Waals surface area contributed by atoms with Crippen LogP contribution in [0.4, 0.5) is 5.69 Å². The van der Waals surface area contributed by atoms with Crippen LogP contribution in [0.3, 0.4) is 0 Å². The van der Waals surface area contributed by atoms with Gasteiger partial charge in [-0.15, -0.1) is 5.10 Å². The van der Waals surface area contributed by atoms with Gasteiger partial charge in [0.15, 0.2) is 11.5 Å². The Bertz CT molecular complexity index is 925. The van der Waals surface area contributed by atoms with Crippen molar-refractivity contribution in [2.24, 2.45) is 0 Å². The fourth-order valence-electron chi connectivity index (χ4n) is 3.28. The number of piperidine rings is 1. The van der Waals surface area contributed by atoms with Crippen LogP contribution in [0.1, 0.15) is 36.3 Å². The maximum absolute atomic E-state index is 12.6. The van der Waals surface area contributed by atoms with Crippen LogP contribution in [0.2, 0.25) is 0 Å². The summed E-state index contributed by atoms with van der Waals surface area (Å²) in [7, 11) is 0.